The van der Waals surface area contributed by atoms with E-state index in [0.717, 1.165) is 23.3 Å². The maximum Gasteiger partial charge on any atom is 0.226 e. The fourth-order valence-corrected chi connectivity index (χ4v) is 3.39. The van der Waals surface area contributed by atoms with Gasteiger partial charge in [0.2, 0.25) is 5.91 Å². The van der Waals surface area contributed by atoms with Crippen molar-refractivity contribution >= 4 is 11.7 Å². The lowest BCUT2D eigenvalue weighted by Gasteiger charge is -2.25. The van der Waals surface area contributed by atoms with Crippen LogP contribution in [0.3, 0.4) is 0 Å². The number of hydrogen-bond acceptors (Lipinski definition) is 3. The number of ether oxygens (including phenoxy) is 1. The van der Waals surface area contributed by atoms with Gasteiger partial charge in [0, 0.05) is 23.5 Å². The first-order chi connectivity index (χ1) is 13.2. The molecule has 4 rings (SSSR count). The van der Waals surface area contributed by atoms with Crippen LogP contribution in [0.25, 0.3) is 5.69 Å². The smallest absolute Gasteiger partial charge is 0.226 e. The largest absolute Gasteiger partial charge is 0.493 e. The summed E-state index contributed by atoms with van der Waals surface area (Å²) in [5.74, 6) is 0.869. The van der Waals surface area contributed by atoms with E-state index >= 15 is 0 Å². The van der Waals surface area contributed by atoms with E-state index in [1.54, 1.807) is 23.0 Å². The van der Waals surface area contributed by atoms with Crippen LogP contribution in [-0.2, 0) is 4.79 Å². The van der Waals surface area contributed by atoms with Crippen LogP contribution in [0.5, 0.6) is 5.75 Å². The van der Waals surface area contributed by atoms with Crippen molar-refractivity contribution in [3.05, 3.63) is 71.7 Å². The molecule has 0 saturated carbocycles. The molecule has 1 amide bonds. The third-order valence-corrected chi connectivity index (χ3v) is 4.65. The average Bonchev–Trinajstić information content (AvgIpc) is 3.10. The molecule has 3 aromatic rings. The maximum atomic E-state index is 13.2. The molecular weight excluding hydrogens is 345 g/mol. The van der Waals surface area contributed by atoms with Gasteiger partial charge in [0.1, 0.15) is 17.4 Å². The summed E-state index contributed by atoms with van der Waals surface area (Å²) in [7, 11) is 0. The fraction of sp³-hybridized carbons (Fsp3) is 0.238. The van der Waals surface area contributed by atoms with E-state index in [-0.39, 0.29) is 17.6 Å². The highest BCUT2D eigenvalue weighted by atomic mass is 19.1. The summed E-state index contributed by atoms with van der Waals surface area (Å²) in [5.41, 5.74) is 2.58. The van der Waals surface area contributed by atoms with Gasteiger partial charge in [-0.05, 0) is 36.8 Å². The van der Waals surface area contributed by atoms with Crippen molar-refractivity contribution in [2.75, 3.05) is 11.9 Å². The van der Waals surface area contributed by atoms with Crippen molar-refractivity contribution in [2.45, 2.75) is 25.7 Å². The van der Waals surface area contributed by atoms with Gasteiger partial charge in [0.25, 0.3) is 0 Å². The lowest BCUT2D eigenvalue weighted by atomic mass is 9.87. The predicted molar refractivity (Wildman–Crippen MR) is 101 cm³/mol. The molecule has 1 aromatic heterocycles. The van der Waals surface area contributed by atoms with Crippen LogP contribution < -0.4 is 10.1 Å². The van der Waals surface area contributed by atoms with E-state index < -0.39 is 0 Å². The minimum absolute atomic E-state index is 0.0818. The van der Waals surface area contributed by atoms with E-state index in [4.69, 9.17) is 4.74 Å². The zero-order valence-electron chi connectivity index (χ0n) is 15.0. The first-order valence-electron chi connectivity index (χ1n) is 9.02. The van der Waals surface area contributed by atoms with Crippen LogP contribution >= 0.6 is 0 Å². The number of amides is 1. The highest BCUT2D eigenvalue weighted by Crippen LogP contribution is 2.41. The van der Waals surface area contributed by atoms with E-state index in [9.17, 15) is 9.18 Å². The zero-order chi connectivity index (χ0) is 18.8. The van der Waals surface area contributed by atoms with Gasteiger partial charge in [-0.2, -0.15) is 5.10 Å². The van der Waals surface area contributed by atoms with E-state index in [1.165, 1.54) is 12.1 Å². The SMILES string of the molecule is CCCOc1ccccc1[C@@H]1CC(=O)Nc2c1cnn2-c1ccc(F)cc1. The first kappa shape index (κ1) is 17.3. The second-order valence-corrected chi connectivity index (χ2v) is 6.53. The number of nitrogens with zero attached hydrogens (tertiary/aromatic N) is 2. The standard InChI is InChI=1S/C21H20FN3O2/c1-2-11-27-19-6-4-3-5-16(19)17-12-20(26)24-21-18(17)13-23-25(21)15-9-7-14(22)8-10-15/h3-10,13,17H,2,11-12H2,1H3,(H,24,26)/t17-/m0/s1. The number of anilines is 1. The summed E-state index contributed by atoms with van der Waals surface area (Å²) in [6.45, 7) is 2.68. The Balaban J connectivity index is 1.77. The molecule has 2 heterocycles. The van der Waals surface area contributed by atoms with E-state index in [2.05, 4.69) is 17.3 Å². The molecule has 6 heteroatoms. The number of hydrogen-bond donors (Lipinski definition) is 1. The third-order valence-electron chi connectivity index (χ3n) is 4.65. The summed E-state index contributed by atoms with van der Waals surface area (Å²) in [4.78, 5) is 12.4. The summed E-state index contributed by atoms with van der Waals surface area (Å²) in [5, 5.41) is 7.35. The molecule has 1 aliphatic heterocycles. The van der Waals surface area contributed by atoms with Crippen molar-refractivity contribution in [3.63, 3.8) is 0 Å². The first-order valence-corrected chi connectivity index (χ1v) is 9.02. The number of para-hydroxylation sites is 1. The molecule has 1 N–H and O–H groups in total. The Morgan fingerprint density at radius 2 is 1.96 bits per heavy atom. The lowest BCUT2D eigenvalue weighted by molar-refractivity contribution is -0.116. The summed E-state index contributed by atoms with van der Waals surface area (Å²) >= 11 is 0. The summed E-state index contributed by atoms with van der Waals surface area (Å²) < 4.78 is 20.8. The zero-order valence-corrected chi connectivity index (χ0v) is 15.0. The maximum absolute atomic E-state index is 13.2. The molecule has 0 fully saturated rings. The molecule has 1 atom stereocenters. The number of fused-ring (bicyclic) bond motifs is 1. The molecule has 0 bridgehead atoms. The molecule has 0 radical (unpaired) electrons. The van der Waals surface area contributed by atoms with Gasteiger partial charge in [-0.1, -0.05) is 25.1 Å². The van der Waals surface area contributed by atoms with Crippen molar-refractivity contribution < 1.29 is 13.9 Å². The Hall–Kier alpha value is -3.15. The van der Waals surface area contributed by atoms with Crippen LogP contribution in [0, 0.1) is 5.82 Å². The van der Waals surface area contributed by atoms with Gasteiger partial charge in [-0.25, -0.2) is 9.07 Å². The summed E-state index contributed by atoms with van der Waals surface area (Å²) in [6.07, 6.45) is 3.00. The number of benzene rings is 2. The summed E-state index contributed by atoms with van der Waals surface area (Å²) in [6, 6.07) is 13.8. The molecule has 2 aromatic carbocycles. The Labute approximate surface area is 156 Å². The second kappa shape index (κ2) is 7.23. The molecular formula is C21H20FN3O2. The van der Waals surface area contributed by atoms with E-state index in [1.807, 2.05) is 24.3 Å². The van der Waals surface area contributed by atoms with Gasteiger partial charge in [0.05, 0.1) is 18.5 Å². The van der Waals surface area contributed by atoms with Crippen LogP contribution in [-0.4, -0.2) is 22.3 Å². The number of aromatic nitrogens is 2. The molecule has 0 spiro atoms. The fourth-order valence-electron chi connectivity index (χ4n) is 3.39. The van der Waals surface area contributed by atoms with Crippen LogP contribution in [0.15, 0.2) is 54.7 Å². The van der Waals surface area contributed by atoms with Crippen molar-refractivity contribution in [1.82, 2.24) is 9.78 Å². The predicted octanol–water partition coefficient (Wildman–Crippen LogP) is 4.27. The highest BCUT2D eigenvalue weighted by molar-refractivity contribution is 5.94. The second-order valence-electron chi connectivity index (χ2n) is 6.53. The topological polar surface area (TPSA) is 56.1 Å². The van der Waals surface area contributed by atoms with Crippen molar-refractivity contribution in [1.29, 1.82) is 0 Å². The average molecular weight is 365 g/mol. The Morgan fingerprint density at radius 1 is 1.19 bits per heavy atom. The quantitative estimate of drug-likeness (QED) is 0.734. The molecule has 5 nitrogen and oxygen atoms in total. The van der Waals surface area contributed by atoms with Crippen LogP contribution in [0.2, 0.25) is 0 Å². The van der Waals surface area contributed by atoms with Crippen LogP contribution in [0.4, 0.5) is 10.2 Å². The van der Waals surface area contributed by atoms with Gasteiger partial charge in [-0.15, -0.1) is 0 Å². The van der Waals surface area contributed by atoms with Gasteiger partial charge >= 0.3 is 0 Å². The monoisotopic (exact) mass is 365 g/mol. The normalized spacial score (nSPS) is 15.9. The number of rotatable bonds is 5. The number of carbonyl (C=O) groups is 1. The molecule has 138 valence electrons. The lowest BCUT2D eigenvalue weighted by Crippen LogP contribution is -2.25. The third kappa shape index (κ3) is 3.30. The van der Waals surface area contributed by atoms with Gasteiger partial charge in [0.15, 0.2) is 0 Å². The Bertz CT molecular complexity index is 966. The molecule has 0 saturated heterocycles. The Kier molecular flexibility index (Phi) is 4.62. The number of nitrogens with one attached hydrogen (secondary N) is 1. The van der Waals surface area contributed by atoms with Gasteiger partial charge < -0.3 is 10.1 Å². The number of halogens is 1. The van der Waals surface area contributed by atoms with Crippen molar-refractivity contribution in [3.8, 4) is 11.4 Å². The minimum atomic E-state index is -0.316. The highest BCUT2D eigenvalue weighted by Gasteiger charge is 2.32. The minimum Gasteiger partial charge on any atom is -0.493 e. The number of carbonyl (C=O) groups excluding carboxylic acids is 1. The molecule has 0 unspecified atom stereocenters. The Morgan fingerprint density at radius 3 is 2.74 bits per heavy atom. The van der Waals surface area contributed by atoms with Gasteiger partial charge in [-0.3, -0.25) is 4.79 Å². The molecule has 0 aliphatic carbocycles. The van der Waals surface area contributed by atoms with Crippen LogP contribution in [0.1, 0.15) is 36.8 Å². The molecule has 27 heavy (non-hydrogen) atoms. The molecule has 1 aliphatic rings. The van der Waals surface area contributed by atoms with Crippen molar-refractivity contribution in [2.24, 2.45) is 0 Å². The van der Waals surface area contributed by atoms with E-state index in [0.29, 0.717) is 24.5 Å².